The summed E-state index contributed by atoms with van der Waals surface area (Å²) in [5.41, 5.74) is 0.813. The van der Waals surface area contributed by atoms with Crippen LogP contribution in [0.1, 0.15) is 12.5 Å². The molecule has 0 saturated heterocycles. The number of halogens is 1. The average Bonchev–Trinajstić information content (AvgIpc) is 2.30. The molecule has 6 heteroatoms. The fourth-order valence-electron chi connectivity index (χ4n) is 1.20. The van der Waals surface area contributed by atoms with Gasteiger partial charge in [-0.05, 0) is 25.1 Å². The Morgan fingerprint density at radius 2 is 2.24 bits per heavy atom. The van der Waals surface area contributed by atoms with E-state index in [0.29, 0.717) is 16.3 Å². The highest BCUT2D eigenvalue weighted by Gasteiger charge is 2.12. The zero-order valence-corrected chi connectivity index (χ0v) is 10.3. The molecule has 0 heterocycles. The molecule has 1 amide bonds. The maximum atomic E-state index is 11.3. The predicted octanol–water partition coefficient (Wildman–Crippen LogP) is 2.88. The van der Waals surface area contributed by atoms with Gasteiger partial charge >= 0.3 is 6.09 Å². The molecule has 0 aliphatic rings. The number of anilines is 1. The lowest BCUT2D eigenvalue weighted by atomic mass is 10.2. The van der Waals surface area contributed by atoms with Crippen LogP contribution in [0, 0.1) is 5.41 Å². The zero-order chi connectivity index (χ0) is 12.8. The van der Waals surface area contributed by atoms with Crippen LogP contribution < -0.4 is 5.32 Å². The molecule has 0 fully saturated rings. The minimum Gasteiger partial charge on any atom is -0.481 e. The van der Waals surface area contributed by atoms with Crippen molar-refractivity contribution < 1.29 is 14.3 Å². The van der Waals surface area contributed by atoms with Gasteiger partial charge in [-0.25, -0.2) is 4.79 Å². The molecule has 0 unspecified atom stereocenters. The SMILES string of the molecule is CCOC(=O)Nc1ccc(Cl)cc1C(=N)OC. The van der Waals surface area contributed by atoms with Gasteiger partial charge in [0, 0.05) is 5.02 Å². The van der Waals surface area contributed by atoms with Gasteiger partial charge in [-0.15, -0.1) is 0 Å². The molecule has 1 aromatic rings. The Hall–Kier alpha value is -1.75. The molecular weight excluding hydrogens is 244 g/mol. The second-order valence-corrected chi connectivity index (χ2v) is 3.51. The topological polar surface area (TPSA) is 71.4 Å². The van der Waals surface area contributed by atoms with Crippen molar-refractivity contribution in [2.24, 2.45) is 0 Å². The Labute approximate surface area is 104 Å². The van der Waals surface area contributed by atoms with E-state index in [1.165, 1.54) is 13.2 Å². The molecule has 5 nitrogen and oxygen atoms in total. The predicted molar refractivity (Wildman–Crippen MR) is 65.9 cm³/mol. The van der Waals surface area contributed by atoms with E-state index in [2.05, 4.69) is 5.32 Å². The van der Waals surface area contributed by atoms with Crippen LogP contribution in [0.5, 0.6) is 0 Å². The molecule has 0 spiro atoms. The number of rotatable bonds is 3. The minimum absolute atomic E-state index is 0.0840. The molecule has 17 heavy (non-hydrogen) atoms. The summed E-state index contributed by atoms with van der Waals surface area (Å²) in [6, 6.07) is 4.73. The number of amides is 1. The lowest BCUT2D eigenvalue weighted by Gasteiger charge is -2.11. The molecule has 1 aromatic carbocycles. The third-order valence-electron chi connectivity index (χ3n) is 1.94. The highest BCUT2D eigenvalue weighted by atomic mass is 35.5. The van der Waals surface area contributed by atoms with Crippen molar-refractivity contribution >= 4 is 29.3 Å². The summed E-state index contributed by atoms with van der Waals surface area (Å²) in [5.74, 6) is -0.0840. The Bertz CT molecular complexity index is 435. The lowest BCUT2D eigenvalue weighted by molar-refractivity contribution is 0.168. The molecule has 0 aliphatic heterocycles. The Kier molecular flexibility index (Phi) is 4.78. The van der Waals surface area contributed by atoms with E-state index in [1.807, 2.05) is 0 Å². The van der Waals surface area contributed by atoms with Gasteiger partial charge in [0.05, 0.1) is 25.0 Å². The summed E-state index contributed by atoms with van der Waals surface area (Å²) in [4.78, 5) is 11.3. The zero-order valence-electron chi connectivity index (χ0n) is 9.54. The standard InChI is InChI=1S/C11H13ClN2O3/c1-3-17-11(15)14-9-5-4-7(12)6-8(9)10(13)16-2/h4-6,13H,3H2,1-2H3,(H,14,15). The number of benzene rings is 1. The molecule has 1 rings (SSSR count). The van der Waals surface area contributed by atoms with Gasteiger partial charge in [-0.3, -0.25) is 10.7 Å². The summed E-state index contributed by atoms with van der Waals surface area (Å²) in [6.07, 6.45) is -0.583. The van der Waals surface area contributed by atoms with E-state index < -0.39 is 6.09 Å². The highest BCUT2D eigenvalue weighted by Crippen LogP contribution is 2.21. The van der Waals surface area contributed by atoms with Crippen molar-refractivity contribution in [1.82, 2.24) is 0 Å². The molecule has 0 aliphatic carbocycles. The second kappa shape index (κ2) is 6.10. The summed E-state index contributed by atoms with van der Waals surface area (Å²) in [7, 11) is 1.37. The number of methoxy groups -OCH3 is 1. The number of hydrogen-bond acceptors (Lipinski definition) is 4. The number of nitrogens with one attached hydrogen (secondary N) is 2. The Morgan fingerprint density at radius 3 is 2.82 bits per heavy atom. The van der Waals surface area contributed by atoms with E-state index in [1.54, 1.807) is 19.1 Å². The summed E-state index contributed by atoms with van der Waals surface area (Å²) in [5, 5.41) is 10.6. The van der Waals surface area contributed by atoms with E-state index in [9.17, 15) is 4.79 Å². The lowest BCUT2D eigenvalue weighted by Crippen LogP contribution is -2.16. The first-order valence-corrected chi connectivity index (χ1v) is 5.32. The fourth-order valence-corrected chi connectivity index (χ4v) is 1.37. The molecule has 0 bridgehead atoms. The van der Waals surface area contributed by atoms with Crippen molar-refractivity contribution in [1.29, 1.82) is 5.41 Å². The minimum atomic E-state index is -0.583. The van der Waals surface area contributed by atoms with Crippen molar-refractivity contribution in [3.8, 4) is 0 Å². The molecular formula is C11H13ClN2O3. The summed E-state index contributed by atoms with van der Waals surface area (Å²) < 4.78 is 9.56. The van der Waals surface area contributed by atoms with E-state index in [0.717, 1.165) is 0 Å². The second-order valence-electron chi connectivity index (χ2n) is 3.07. The van der Waals surface area contributed by atoms with Gasteiger partial charge in [-0.2, -0.15) is 0 Å². The normalized spacial score (nSPS) is 9.59. The Morgan fingerprint density at radius 1 is 1.53 bits per heavy atom. The maximum absolute atomic E-state index is 11.3. The van der Waals surface area contributed by atoms with Gasteiger partial charge in [0.25, 0.3) is 0 Å². The largest absolute Gasteiger partial charge is 0.481 e. The third-order valence-corrected chi connectivity index (χ3v) is 2.18. The van der Waals surface area contributed by atoms with Crippen molar-refractivity contribution in [2.45, 2.75) is 6.92 Å². The van der Waals surface area contributed by atoms with Crippen molar-refractivity contribution in [3.63, 3.8) is 0 Å². The molecule has 0 atom stereocenters. The quantitative estimate of drug-likeness (QED) is 0.645. The van der Waals surface area contributed by atoms with Crippen LogP contribution in [0.25, 0.3) is 0 Å². The first-order chi connectivity index (χ1) is 8.08. The van der Waals surface area contributed by atoms with Gasteiger partial charge in [0.15, 0.2) is 0 Å². The first-order valence-electron chi connectivity index (χ1n) is 4.94. The molecule has 0 radical (unpaired) electrons. The molecule has 0 aromatic heterocycles. The van der Waals surface area contributed by atoms with Crippen LogP contribution in [0.2, 0.25) is 5.02 Å². The third kappa shape index (κ3) is 3.64. The highest BCUT2D eigenvalue weighted by molar-refractivity contribution is 6.31. The van der Waals surface area contributed by atoms with Crippen LogP contribution in [0.15, 0.2) is 18.2 Å². The molecule has 2 N–H and O–H groups in total. The van der Waals surface area contributed by atoms with Gasteiger partial charge in [0.2, 0.25) is 5.90 Å². The van der Waals surface area contributed by atoms with Crippen LogP contribution in [-0.4, -0.2) is 25.7 Å². The average molecular weight is 257 g/mol. The van der Waals surface area contributed by atoms with E-state index in [4.69, 9.17) is 26.5 Å². The van der Waals surface area contributed by atoms with Crippen LogP contribution in [-0.2, 0) is 9.47 Å². The van der Waals surface area contributed by atoms with Gasteiger partial charge in [0.1, 0.15) is 0 Å². The number of hydrogen-bond donors (Lipinski definition) is 2. The van der Waals surface area contributed by atoms with Crippen molar-refractivity contribution in [3.05, 3.63) is 28.8 Å². The van der Waals surface area contributed by atoms with Crippen LogP contribution in [0.3, 0.4) is 0 Å². The molecule has 92 valence electrons. The van der Waals surface area contributed by atoms with Gasteiger partial charge < -0.3 is 9.47 Å². The summed E-state index contributed by atoms with van der Waals surface area (Å²) in [6.45, 7) is 1.98. The van der Waals surface area contributed by atoms with Crippen LogP contribution in [0.4, 0.5) is 10.5 Å². The van der Waals surface area contributed by atoms with E-state index in [-0.39, 0.29) is 12.5 Å². The van der Waals surface area contributed by atoms with Crippen LogP contribution >= 0.6 is 11.6 Å². The first kappa shape index (κ1) is 13.3. The number of ether oxygens (including phenoxy) is 2. The van der Waals surface area contributed by atoms with Gasteiger partial charge in [-0.1, -0.05) is 11.6 Å². The van der Waals surface area contributed by atoms with E-state index >= 15 is 0 Å². The fraction of sp³-hybridized carbons (Fsp3) is 0.273. The maximum Gasteiger partial charge on any atom is 0.411 e. The number of carbonyl (C=O) groups is 1. The molecule has 0 saturated carbocycles. The smallest absolute Gasteiger partial charge is 0.411 e. The summed E-state index contributed by atoms with van der Waals surface area (Å²) >= 11 is 5.82. The van der Waals surface area contributed by atoms with Crippen molar-refractivity contribution in [2.75, 3.05) is 19.0 Å². The monoisotopic (exact) mass is 256 g/mol. The number of carbonyl (C=O) groups excluding carboxylic acids is 1. The Balaban J connectivity index is 2.98.